The van der Waals surface area contributed by atoms with Gasteiger partial charge in [-0.2, -0.15) is 0 Å². The van der Waals surface area contributed by atoms with E-state index in [0.29, 0.717) is 22.9 Å². The Bertz CT molecular complexity index is 881. The van der Waals surface area contributed by atoms with Crippen LogP contribution < -0.4 is 0 Å². The third kappa shape index (κ3) is 5.10. The van der Waals surface area contributed by atoms with Crippen molar-refractivity contribution in [2.45, 2.75) is 70.9 Å². The van der Waals surface area contributed by atoms with Crippen LogP contribution in [0, 0.1) is 5.41 Å². The van der Waals surface area contributed by atoms with Crippen molar-refractivity contribution < 1.29 is 9.90 Å². The zero-order chi connectivity index (χ0) is 22.6. The summed E-state index contributed by atoms with van der Waals surface area (Å²) in [5.41, 5.74) is 1.71. The number of halogens is 2. The molecule has 1 amide bonds. The minimum atomic E-state index is -0.527. The largest absolute Gasteiger partial charge is 0.396 e. The fourth-order valence-corrected chi connectivity index (χ4v) is 5.48. The summed E-state index contributed by atoms with van der Waals surface area (Å²) >= 11 is 12.6. The molecule has 1 heterocycles. The van der Waals surface area contributed by atoms with E-state index in [0.717, 1.165) is 30.4 Å². The lowest BCUT2D eigenvalue weighted by Gasteiger charge is -2.52. The van der Waals surface area contributed by atoms with Gasteiger partial charge in [0.05, 0.1) is 6.04 Å². The molecule has 0 spiro atoms. The third-order valence-electron chi connectivity index (χ3n) is 6.81. The van der Waals surface area contributed by atoms with Crippen LogP contribution in [-0.2, 0) is 4.79 Å². The summed E-state index contributed by atoms with van der Waals surface area (Å²) in [6, 6.07) is 16.0. The summed E-state index contributed by atoms with van der Waals surface area (Å²) in [5.74, 6) is 0.287. The van der Waals surface area contributed by atoms with Gasteiger partial charge in [-0.05, 0) is 67.5 Å². The van der Waals surface area contributed by atoms with Crippen LogP contribution in [0.1, 0.15) is 76.0 Å². The minimum Gasteiger partial charge on any atom is -0.396 e. The van der Waals surface area contributed by atoms with Crippen LogP contribution in [0.4, 0.5) is 0 Å². The van der Waals surface area contributed by atoms with E-state index in [1.807, 2.05) is 42.5 Å². The minimum absolute atomic E-state index is 0.0877. The first-order valence-electron chi connectivity index (χ1n) is 11.3. The van der Waals surface area contributed by atoms with Crippen molar-refractivity contribution in [3.8, 4) is 0 Å². The number of piperidine rings is 1. The molecule has 0 saturated carbocycles. The van der Waals surface area contributed by atoms with Crippen LogP contribution in [0.2, 0.25) is 10.0 Å². The van der Waals surface area contributed by atoms with Gasteiger partial charge in [0, 0.05) is 34.0 Å². The molecule has 5 heteroatoms. The van der Waals surface area contributed by atoms with E-state index in [1.165, 1.54) is 0 Å². The van der Waals surface area contributed by atoms with E-state index < -0.39 is 5.41 Å². The second-order valence-corrected chi connectivity index (χ2v) is 9.81. The molecule has 1 saturated heterocycles. The fourth-order valence-electron chi connectivity index (χ4n) is 5.16. The number of rotatable bonds is 8. The van der Waals surface area contributed by atoms with Gasteiger partial charge >= 0.3 is 0 Å². The summed E-state index contributed by atoms with van der Waals surface area (Å²) in [4.78, 5) is 16.1. The Kier molecular flexibility index (Phi) is 8.07. The van der Waals surface area contributed by atoms with Gasteiger partial charge < -0.3 is 10.0 Å². The molecule has 31 heavy (non-hydrogen) atoms. The molecule has 1 aliphatic heterocycles. The normalized spacial score (nSPS) is 24.1. The first kappa shape index (κ1) is 24.1. The molecule has 0 bridgehead atoms. The zero-order valence-corrected chi connectivity index (χ0v) is 20.2. The predicted octanol–water partition coefficient (Wildman–Crippen LogP) is 7.02. The van der Waals surface area contributed by atoms with Crippen LogP contribution in [-0.4, -0.2) is 28.6 Å². The number of carbonyl (C=O) groups excluding carboxylic acids is 1. The van der Waals surface area contributed by atoms with Crippen molar-refractivity contribution in [2.24, 2.45) is 5.41 Å². The smallest absolute Gasteiger partial charge is 0.229 e. The van der Waals surface area contributed by atoms with Gasteiger partial charge in [0.1, 0.15) is 0 Å². The summed E-state index contributed by atoms with van der Waals surface area (Å²) in [6.45, 7) is 6.45. The van der Waals surface area contributed by atoms with Gasteiger partial charge in [-0.25, -0.2) is 0 Å². The highest BCUT2D eigenvalue weighted by molar-refractivity contribution is 6.30. The number of aliphatic hydroxyl groups excluding tert-OH is 1. The average molecular weight is 462 g/mol. The lowest BCUT2D eigenvalue weighted by atomic mass is 9.66. The fraction of sp³-hybridized carbons (Fsp3) is 0.500. The highest BCUT2D eigenvalue weighted by Gasteiger charge is 2.50. The molecule has 0 aliphatic carbocycles. The molecule has 2 aromatic carbocycles. The first-order valence-corrected chi connectivity index (χ1v) is 12.0. The van der Waals surface area contributed by atoms with E-state index in [2.05, 4.69) is 31.7 Å². The zero-order valence-electron chi connectivity index (χ0n) is 18.7. The summed E-state index contributed by atoms with van der Waals surface area (Å²) < 4.78 is 0. The van der Waals surface area contributed by atoms with Crippen molar-refractivity contribution in [1.29, 1.82) is 0 Å². The quantitative estimate of drug-likeness (QED) is 0.458. The number of carbonyl (C=O) groups is 1. The van der Waals surface area contributed by atoms with Crippen molar-refractivity contribution in [2.75, 3.05) is 6.61 Å². The van der Waals surface area contributed by atoms with Crippen molar-refractivity contribution >= 4 is 29.1 Å². The molecule has 1 fully saturated rings. The van der Waals surface area contributed by atoms with Crippen LogP contribution in [0.25, 0.3) is 0 Å². The van der Waals surface area contributed by atoms with Crippen molar-refractivity contribution in [3.63, 3.8) is 0 Å². The Morgan fingerprint density at radius 2 is 1.74 bits per heavy atom. The average Bonchev–Trinajstić information content (AvgIpc) is 2.76. The molecular formula is C26H33Cl2NO2. The van der Waals surface area contributed by atoms with Gasteiger partial charge in [0.15, 0.2) is 0 Å². The number of hydrogen-bond donors (Lipinski definition) is 1. The second-order valence-electron chi connectivity index (χ2n) is 8.93. The van der Waals surface area contributed by atoms with Gasteiger partial charge in [0.2, 0.25) is 5.91 Å². The maximum Gasteiger partial charge on any atom is 0.229 e. The maximum atomic E-state index is 14.0. The molecule has 3 atom stereocenters. The topological polar surface area (TPSA) is 40.5 Å². The SMILES string of the molecule is CCC(CC)N1C(=O)[C@@](C)(CCCO)C[C@H](c2cccc(Cl)c2)[C@H]1c1ccc(Cl)cc1. The van der Waals surface area contributed by atoms with Gasteiger partial charge in [-0.15, -0.1) is 0 Å². The van der Waals surface area contributed by atoms with E-state index in [9.17, 15) is 9.90 Å². The number of aliphatic hydroxyl groups is 1. The van der Waals surface area contributed by atoms with Crippen molar-refractivity contribution in [3.05, 3.63) is 69.7 Å². The third-order valence-corrected chi connectivity index (χ3v) is 7.30. The van der Waals surface area contributed by atoms with E-state index in [-0.39, 0.29) is 30.5 Å². The molecule has 0 unspecified atom stereocenters. The molecule has 3 rings (SSSR count). The Labute approximate surface area is 196 Å². The molecule has 2 aromatic rings. The summed E-state index contributed by atoms with van der Waals surface area (Å²) in [5, 5.41) is 10.9. The molecule has 168 valence electrons. The van der Waals surface area contributed by atoms with Crippen LogP contribution in [0.3, 0.4) is 0 Å². The lowest BCUT2D eigenvalue weighted by molar-refractivity contribution is -0.155. The molecule has 0 aromatic heterocycles. The van der Waals surface area contributed by atoms with E-state index >= 15 is 0 Å². The maximum absolute atomic E-state index is 14.0. The lowest BCUT2D eigenvalue weighted by Crippen LogP contribution is -2.55. The highest BCUT2D eigenvalue weighted by Crippen LogP contribution is 2.52. The number of hydrogen-bond acceptors (Lipinski definition) is 2. The number of amides is 1. The number of benzene rings is 2. The summed E-state index contributed by atoms with van der Waals surface area (Å²) in [6.07, 6.45) is 3.79. The van der Waals surface area contributed by atoms with Gasteiger partial charge in [-0.1, -0.05) is 68.2 Å². The second kappa shape index (κ2) is 10.4. The Hall–Kier alpha value is -1.55. The van der Waals surface area contributed by atoms with Crippen molar-refractivity contribution in [1.82, 2.24) is 4.90 Å². The molecule has 1 N–H and O–H groups in total. The Morgan fingerprint density at radius 1 is 1.06 bits per heavy atom. The molecule has 1 aliphatic rings. The number of nitrogens with zero attached hydrogens (tertiary/aromatic N) is 1. The Morgan fingerprint density at radius 3 is 2.32 bits per heavy atom. The standard InChI is InChI=1S/C26H33Cl2NO2/c1-4-22(5-2)29-24(18-10-12-20(27)13-11-18)23(19-8-6-9-21(28)16-19)17-26(3,25(29)31)14-7-15-30/h6,8-13,16,22-24,30H,4-5,7,14-15,17H2,1-3H3/t23-,24-,26+/m1/s1. The number of likely N-dealkylation sites (tertiary alicyclic amines) is 1. The van der Waals surface area contributed by atoms with Gasteiger partial charge in [-0.3, -0.25) is 4.79 Å². The van der Waals surface area contributed by atoms with E-state index in [4.69, 9.17) is 23.2 Å². The van der Waals surface area contributed by atoms with E-state index in [1.54, 1.807) is 0 Å². The predicted molar refractivity (Wildman–Crippen MR) is 129 cm³/mol. The Balaban J connectivity index is 2.18. The van der Waals surface area contributed by atoms with Gasteiger partial charge in [0.25, 0.3) is 0 Å². The first-order chi connectivity index (χ1) is 14.8. The van der Waals surface area contributed by atoms with Crippen LogP contribution in [0.5, 0.6) is 0 Å². The molecule has 3 nitrogen and oxygen atoms in total. The monoisotopic (exact) mass is 461 g/mol. The highest BCUT2D eigenvalue weighted by atomic mass is 35.5. The van der Waals surface area contributed by atoms with Crippen LogP contribution in [0.15, 0.2) is 48.5 Å². The molecular weight excluding hydrogens is 429 g/mol. The molecule has 0 radical (unpaired) electrons. The summed E-state index contributed by atoms with van der Waals surface area (Å²) in [7, 11) is 0. The van der Waals surface area contributed by atoms with Crippen LogP contribution >= 0.6 is 23.2 Å².